The lowest BCUT2D eigenvalue weighted by Crippen LogP contribution is -2.05. The number of hydrogen-bond acceptors (Lipinski definition) is 0. The molecule has 0 N–H and O–H groups in total. The van der Waals surface area contributed by atoms with Crippen molar-refractivity contribution < 1.29 is 13.2 Å². The molecular weight excluding hydrogens is 280 g/mol. The Morgan fingerprint density at radius 3 is 2.17 bits per heavy atom. The minimum Gasteiger partial charge on any atom is -0.166 e. The summed E-state index contributed by atoms with van der Waals surface area (Å²) in [6, 6.07) is 3.98. The maximum atomic E-state index is 12.1. The Labute approximate surface area is 81.9 Å². The Morgan fingerprint density at radius 2 is 1.75 bits per heavy atom. The fourth-order valence-corrected chi connectivity index (χ4v) is 1.73. The molecule has 0 atom stereocenters. The van der Waals surface area contributed by atoms with Crippen molar-refractivity contribution in [3.05, 3.63) is 32.9 Å². The molecule has 0 saturated heterocycles. The predicted octanol–water partition coefficient (Wildman–Crippen LogP) is 3.62. The Morgan fingerprint density at radius 1 is 1.17 bits per heavy atom. The first kappa shape index (κ1) is 9.83. The average Bonchev–Trinajstić information content (AvgIpc) is 1.82. The fourth-order valence-electron chi connectivity index (χ4n) is 0.900. The molecular formula is C8H6F3I. The molecule has 0 saturated carbocycles. The normalized spacial score (nSPS) is 11.8. The SMILES string of the molecule is Cc1cc(I)cc(C(F)(F)F)c1. The maximum absolute atomic E-state index is 12.1. The van der Waals surface area contributed by atoms with Gasteiger partial charge in [-0.25, -0.2) is 0 Å². The second-order valence-electron chi connectivity index (χ2n) is 2.52. The highest BCUT2D eigenvalue weighted by Crippen LogP contribution is 2.30. The highest BCUT2D eigenvalue weighted by molar-refractivity contribution is 14.1. The first-order chi connectivity index (χ1) is 5.39. The van der Waals surface area contributed by atoms with E-state index < -0.39 is 11.7 Å². The van der Waals surface area contributed by atoms with Gasteiger partial charge in [0.2, 0.25) is 0 Å². The van der Waals surface area contributed by atoms with Crippen molar-refractivity contribution in [1.29, 1.82) is 0 Å². The van der Waals surface area contributed by atoms with Crippen LogP contribution in [0.3, 0.4) is 0 Å². The summed E-state index contributed by atoms with van der Waals surface area (Å²) in [5.74, 6) is 0. The van der Waals surface area contributed by atoms with Crippen molar-refractivity contribution in [3.8, 4) is 0 Å². The number of alkyl halides is 3. The molecule has 0 spiro atoms. The lowest BCUT2D eigenvalue weighted by molar-refractivity contribution is -0.137. The highest BCUT2D eigenvalue weighted by atomic mass is 127. The van der Waals surface area contributed by atoms with E-state index >= 15 is 0 Å². The first-order valence-electron chi connectivity index (χ1n) is 3.24. The van der Waals surface area contributed by atoms with Gasteiger partial charge in [0.05, 0.1) is 5.56 Å². The molecule has 1 aromatic rings. The third kappa shape index (κ3) is 2.36. The molecule has 12 heavy (non-hydrogen) atoms. The van der Waals surface area contributed by atoms with E-state index in [9.17, 15) is 13.2 Å². The van der Waals surface area contributed by atoms with Gasteiger partial charge < -0.3 is 0 Å². The summed E-state index contributed by atoms with van der Waals surface area (Å²) in [7, 11) is 0. The maximum Gasteiger partial charge on any atom is 0.416 e. The van der Waals surface area contributed by atoms with Crippen LogP contribution in [0.2, 0.25) is 0 Å². The summed E-state index contributed by atoms with van der Waals surface area (Å²) in [5.41, 5.74) is 0.0566. The lowest BCUT2D eigenvalue weighted by Gasteiger charge is -2.07. The molecule has 0 aliphatic carbocycles. The molecule has 66 valence electrons. The monoisotopic (exact) mass is 286 g/mol. The molecule has 0 bridgehead atoms. The molecule has 0 unspecified atom stereocenters. The van der Waals surface area contributed by atoms with E-state index in [1.165, 1.54) is 0 Å². The van der Waals surface area contributed by atoms with Crippen molar-refractivity contribution in [2.24, 2.45) is 0 Å². The van der Waals surface area contributed by atoms with Gasteiger partial charge in [-0.15, -0.1) is 0 Å². The van der Waals surface area contributed by atoms with Crippen LogP contribution in [-0.2, 0) is 6.18 Å². The quantitative estimate of drug-likeness (QED) is 0.639. The van der Waals surface area contributed by atoms with Gasteiger partial charge >= 0.3 is 6.18 Å². The number of halogens is 4. The van der Waals surface area contributed by atoms with E-state index in [2.05, 4.69) is 0 Å². The van der Waals surface area contributed by atoms with Gasteiger partial charge in [0.15, 0.2) is 0 Å². The van der Waals surface area contributed by atoms with Gasteiger partial charge in [0, 0.05) is 3.57 Å². The largest absolute Gasteiger partial charge is 0.416 e. The average molecular weight is 286 g/mol. The van der Waals surface area contributed by atoms with Crippen molar-refractivity contribution in [2.45, 2.75) is 13.1 Å². The van der Waals surface area contributed by atoms with E-state index in [0.29, 0.717) is 9.13 Å². The van der Waals surface area contributed by atoms with Gasteiger partial charge in [-0.05, 0) is 53.3 Å². The van der Waals surface area contributed by atoms with Crippen LogP contribution in [0.4, 0.5) is 13.2 Å². The van der Waals surface area contributed by atoms with E-state index in [1.54, 1.807) is 13.0 Å². The Balaban J connectivity index is 3.18. The zero-order valence-electron chi connectivity index (χ0n) is 6.24. The standard InChI is InChI=1S/C8H6F3I/c1-5-2-6(8(9,10)11)4-7(12)3-5/h2-4H,1H3. The van der Waals surface area contributed by atoms with Crippen LogP contribution in [0.15, 0.2) is 18.2 Å². The van der Waals surface area contributed by atoms with Crippen molar-refractivity contribution in [2.75, 3.05) is 0 Å². The predicted molar refractivity (Wildman–Crippen MR) is 48.9 cm³/mol. The number of benzene rings is 1. The highest BCUT2D eigenvalue weighted by Gasteiger charge is 2.30. The number of hydrogen-bond donors (Lipinski definition) is 0. The van der Waals surface area contributed by atoms with E-state index in [-0.39, 0.29) is 0 Å². The van der Waals surface area contributed by atoms with Crippen LogP contribution >= 0.6 is 22.6 Å². The Bertz CT molecular complexity index is 271. The topological polar surface area (TPSA) is 0 Å². The van der Waals surface area contributed by atoms with Gasteiger partial charge in [-0.2, -0.15) is 13.2 Å². The number of rotatable bonds is 0. The van der Waals surface area contributed by atoms with E-state index in [1.807, 2.05) is 22.6 Å². The zero-order valence-corrected chi connectivity index (χ0v) is 8.40. The van der Waals surface area contributed by atoms with Gasteiger partial charge in [0.1, 0.15) is 0 Å². The first-order valence-corrected chi connectivity index (χ1v) is 4.32. The second-order valence-corrected chi connectivity index (χ2v) is 3.76. The molecule has 0 fully saturated rings. The smallest absolute Gasteiger partial charge is 0.166 e. The summed E-state index contributed by atoms with van der Waals surface area (Å²) in [4.78, 5) is 0. The second kappa shape index (κ2) is 3.24. The minimum absolute atomic E-state index is 0.577. The van der Waals surface area contributed by atoms with Crippen molar-refractivity contribution in [1.82, 2.24) is 0 Å². The van der Waals surface area contributed by atoms with Crippen LogP contribution in [0.25, 0.3) is 0 Å². The van der Waals surface area contributed by atoms with Crippen molar-refractivity contribution >= 4 is 22.6 Å². The summed E-state index contributed by atoms with van der Waals surface area (Å²) in [6.07, 6.45) is -4.23. The number of aryl methyl sites for hydroxylation is 1. The fraction of sp³-hybridized carbons (Fsp3) is 0.250. The zero-order chi connectivity index (χ0) is 9.35. The summed E-state index contributed by atoms with van der Waals surface area (Å²) >= 11 is 1.87. The molecule has 0 aromatic heterocycles. The molecule has 0 nitrogen and oxygen atoms in total. The van der Waals surface area contributed by atoms with Gasteiger partial charge in [0.25, 0.3) is 0 Å². The third-order valence-electron chi connectivity index (χ3n) is 1.37. The molecule has 0 aliphatic rings. The Hall–Kier alpha value is -0.260. The van der Waals surface area contributed by atoms with Crippen LogP contribution < -0.4 is 0 Å². The minimum atomic E-state index is -4.23. The molecule has 0 radical (unpaired) electrons. The van der Waals surface area contributed by atoms with Gasteiger partial charge in [-0.3, -0.25) is 0 Å². The van der Waals surface area contributed by atoms with Crippen LogP contribution in [0, 0.1) is 10.5 Å². The van der Waals surface area contributed by atoms with Crippen LogP contribution in [-0.4, -0.2) is 0 Å². The summed E-state index contributed by atoms with van der Waals surface area (Å²) in [6.45, 7) is 1.65. The molecule has 0 aliphatic heterocycles. The van der Waals surface area contributed by atoms with Crippen LogP contribution in [0.5, 0.6) is 0 Å². The van der Waals surface area contributed by atoms with Crippen molar-refractivity contribution in [3.63, 3.8) is 0 Å². The summed E-state index contributed by atoms with van der Waals surface area (Å²) < 4.78 is 37.0. The molecule has 1 aromatic carbocycles. The Kier molecular flexibility index (Phi) is 2.65. The van der Waals surface area contributed by atoms with E-state index in [0.717, 1.165) is 12.1 Å². The molecule has 0 amide bonds. The molecule has 4 heteroatoms. The van der Waals surface area contributed by atoms with Crippen LogP contribution in [0.1, 0.15) is 11.1 Å². The third-order valence-corrected chi connectivity index (χ3v) is 1.99. The van der Waals surface area contributed by atoms with E-state index in [4.69, 9.17) is 0 Å². The van der Waals surface area contributed by atoms with Gasteiger partial charge in [-0.1, -0.05) is 0 Å². The summed E-state index contributed by atoms with van der Waals surface area (Å²) in [5, 5.41) is 0. The molecule has 0 heterocycles. The lowest BCUT2D eigenvalue weighted by atomic mass is 10.1. The molecule has 1 rings (SSSR count).